The molecule has 2 heterocycles. The van der Waals surface area contributed by atoms with Gasteiger partial charge in [0.05, 0.1) is 11.4 Å². The third kappa shape index (κ3) is 8.62. The Morgan fingerprint density at radius 1 is 0.618 bits per heavy atom. The molecule has 0 bridgehead atoms. The summed E-state index contributed by atoms with van der Waals surface area (Å²) in [6, 6.07) is 0. The maximum absolute atomic E-state index is 5.02. The van der Waals surface area contributed by atoms with Gasteiger partial charge >= 0.3 is 0 Å². The molecule has 2 rings (SSSR count). The van der Waals surface area contributed by atoms with Crippen molar-refractivity contribution in [2.45, 2.75) is 80.1 Å². The van der Waals surface area contributed by atoms with Crippen LogP contribution in [0.3, 0.4) is 0 Å². The molecule has 0 fully saturated rings. The molecule has 0 spiro atoms. The summed E-state index contributed by atoms with van der Waals surface area (Å²) in [6.07, 6.45) is 6.08. The zero-order chi connectivity index (χ0) is 24.8. The Morgan fingerprint density at radius 2 is 1.15 bits per heavy atom. The molecule has 8 nitrogen and oxygen atoms in total. The normalized spacial score (nSPS) is 11.6. The average molecular weight is 473 g/mol. The van der Waals surface area contributed by atoms with Gasteiger partial charge in [0.15, 0.2) is 17.0 Å². The van der Waals surface area contributed by atoms with Gasteiger partial charge in [-0.2, -0.15) is 9.97 Å². The molecule has 34 heavy (non-hydrogen) atoms. The predicted octanol–water partition coefficient (Wildman–Crippen LogP) is 4.61. The van der Waals surface area contributed by atoms with E-state index in [0.717, 1.165) is 114 Å². The number of anilines is 2. The zero-order valence-corrected chi connectivity index (χ0v) is 22.6. The maximum atomic E-state index is 5.02. The lowest BCUT2D eigenvalue weighted by molar-refractivity contribution is 0.303. The van der Waals surface area contributed by atoms with Crippen LogP contribution in [0.5, 0.6) is 0 Å². The van der Waals surface area contributed by atoms with Crippen LogP contribution in [0.1, 0.15) is 78.6 Å². The molecule has 0 saturated heterocycles. The number of aryl methyl sites for hydroxylation is 2. The molecule has 0 radical (unpaired) electrons. The van der Waals surface area contributed by atoms with E-state index in [1.54, 1.807) is 0 Å². The lowest BCUT2D eigenvalue weighted by Crippen LogP contribution is -2.26. The van der Waals surface area contributed by atoms with E-state index in [4.69, 9.17) is 19.9 Å². The fraction of sp³-hybridized carbons (Fsp3) is 0.769. The third-order valence-electron chi connectivity index (χ3n) is 6.33. The van der Waals surface area contributed by atoms with Crippen LogP contribution in [0, 0.1) is 0 Å². The third-order valence-corrected chi connectivity index (χ3v) is 6.33. The van der Waals surface area contributed by atoms with Crippen LogP contribution in [-0.4, -0.2) is 82.1 Å². The van der Waals surface area contributed by atoms with Gasteiger partial charge in [-0.05, 0) is 65.0 Å². The van der Waals surface area contributed by atoms with Crippen molar-refractivity contribution in [1.82, 2.24) is 29.7 Å². The van der Waals surface area contributed by atoms with Gasteiger partial charge in [0.2, 0.25) is 5.95 Å². The second-order valence-corrected chi connectivity index (χ2v) is 8.80. The molecule has 0 aliphatic rings. The summed E-state index contributed by atoms with van der Waals surface area (Å²) in [7, 11) is 0. The Hall–Kier alpha value is -2.06. The first-order valence-electron chi connectivity index (χ1n) is 13.6. The van der Waals surface area contributed by atoms with E-state index in [1.807, 2.05) is 0 Å². The Balaban J connectivity index is 2.24. The number of hydrogen-bond donors (Lipinski definition) is 2. The molecule has 0 saturated carbocycles. The number of nitrogens with zero attached hydrogens (tertiary/aromatic N) is 6. The van der Waals surface area contributed by atoms with Gasteiger partial charge in [-0.15, -0.1) is 0 Å². The summed E-state index contributed by atoms with van der Waals surface area (Å²) in [6.45, 7) is 21.4. The fourth-order valence-corrected chi connectivity index (χ4v) is 4.18. The van der Waals surface area contributed by atoms with Gasteiger partial charge < -0.3 is 20.4 Å². The number of rotatable bonds is 18. The van der Waals surface area contributed by atoms with Crippen LogP contribution in [-0.2, 0) is 12.8 Å². The van der Waals surface area contributed by atoms with Gasteiger partial charge in [-0.3, -0.25) is 0 Å². The van der Waals surface area contributed by atoms with Crippen LogP contribution >= 0.6 is 0 Å². The molecule has 192 valence electrons. The smallest absolute Gasteiger partial charge is 0.226 e. The minimum Gasteiger partial charge on any atom is -0.368 e. The molecule has 0 unspecified atom stereocenters. The highest BCUT2D eigenvalue weighted by Crippen LogP contribution is 2.22. The number of aromatic nitrogens is 4. The summed E-state index contributed by atoms with van der Waals surface area (Å²) in [4.78, 5) is 24.4. The summed E-state index contributed by atoms with van der Waals surface area (Å²) < 4.78 is 0. The lowest BCUT2D eigenvalue weighted by Gasteiger charge is -2.19. The van der Waals surface area contributed by atoms with Crippen molar-refractivity contribution < 1.29 is 0 Å². The number of hydrogen-bond acceptors (Lipinski definition) is 8. The van der Waals surface area contributed by atoms with Crippen LogP contribution in [0.15, 0.2) is 0 Å². The molecule has 0 aliphatic heterocycles. The highest BCUT2D eigenvalue weighted by molar-refractivity contribution is 5.83. The van der Waals surface area contributed by atoms with Crippen LogP contribution < -0.4 is 10.6 Å². The first kappa shape index (κ1) is 28.2. The molecule has 2 N–H and O–H groups in total. The van der Waals surface area contributed by atoms with Crippen molar-refractivity contribution >= 4 is 22.9 Å². The Bertz CT molecular complexity index is 833. The summed E-state index contributed by atoms with van der Waals surface area (Å²) in [5.74, 6) is 1.43. The lowest BCUT2D eigenvalue weighted by atomic mass is 10.1. The Morgan fingerprint density at radius 3 is 1.68 bits per heavy atom. The summed E-state index contributed by atoms with van der Waals surface area (Å²) in [5.41, 5.74) is 3.65. The monoisotopic (exact) mass is 472 g/mol. The second-order valence-electron chi connectivity index (χ2n) is 8.80. The van der Waals surface area contributed by atoms with Gasteiger partial charge in [-0.25, -0.2) is 9.97 Å². The van der Waals surface area contributed by atoms with Crippen molar-refractivity contribution in [3.8, 4) is 0 Å². The first-order valence-corrected chi connectivity index (χ1v) is 13.6. The maximum Gasteiger partial charge on any atom is 0.226 e. The van der Waals surface area contributed by atoms with Gasteiger partial charge in [0, 0.05) is 13.1 Å². The van der Waals surface area contributed by atoms with Gasteiger partial charge in [0.1, 0.15) is 0 Å². The van der Waals surface area contributed by atoms with Crippen LogP contribution in [0.25, 0.3) is 11.2 Å². The van der Waals surface area contributed by atoms with E-state index in [9.17, 15) is 0 Å². The first-order chi connectivity index (χ1) is 16.6. The van der Waals surface area contributed by atoms with E-state index in [2.05, 4.69) is 62.0 Å². The number of fused-ring (bicyclic) bond motifs is 1. The number of nitrogens with one attached hydrogen (secondary N) is 2. The van der Waals surface area contributed by atoms with E-state index >= 15 is 0 Å². The standard InChI is InChI=1S/C26H48N8/c1-7-15-21-22(16-8-2)30-25-23(29-21)24(27-17-13-19-33(9-3)10-4)31-26(32-25)28-18-14-20-34(11-5)12-6/h7-20H2,1-6H3,(H2,27,28,30,31,32). The predicted molar refractivity (Wildman–Crippen MR) is 145 cm³/mol. The van der Waals surface area contributed by atoms with E-state index in [0.29, 0.717) is 11.6 Å². The van der Waals surface area contributed by atoms with Crippen molar-refractivity contribution in [3.05, 3.63) is 11.4 Å². The van der Waals surface area contributed by atoms with Crippen LogP contribution in [0.2, 0.25) is 0 Å². The zero-order valence-electron chi connectivity index (χ0n) is 22.6. The summed E-state index contributed by atoms with van der Waals surface area (Å²) >= 11 is 0. The molecule has 0 aromatic carbocycles. The highest BCUT2D eigenvalue weighted by atomic mass is 15.2. The minimum atomic E-state index is 0.637. The second kappa shape index (κ2) is 15.8. The molecule has 0 atom stereocenters. The van der Waals surface area contributed by atoms with E-state index < -0.39 is 0 Å². The van der Waals surface area contributed by atoms with E-state index in [1.165, 1.54) is 0 Å². The van der Waals surface area contributed by atoms with Crippen molar-refractivity contribution in [2.24, 2.45) is 0 Å². The Kier molecular flexibility index (Phi) is 13.1. The largest absolute Gasteiger partial charge is 0.368 e. The topological polar surface area (TPSA) is 82.1 Å². The molecule has 8 heteroatoms. The molecule has 2 aromatic heterocycles. The molecular weight excluding hydrogens is 424 g/mol. The average Bonchev–Trinajstić information content (AvgIpc) is 2.85. The van der Waals surface area contributed by atoms with E-state index in [-0.39, 0.29) is 0 Å². The molecule has 0 aliphatic carbocycles. The quantitative estimate of drug-likeness (QED) is 0.304. The van der Waals surface area contributed by atoms with Crippen molar-refractivity contribution in [1.29, 1.82) is 0 Å². The van der Waals surface area contributed by atoms with Gasteiger partial charge in [-0.1, -0.05) is 54.4 Å². The fourth-order valence-electron chi connectivity index (χ4n) is 4.18. The van der Waals surface area contributed by atoms with Crippen molar-refractivity contribution in [3.63, 3.8) is 0 Å². The molecule has 0 amide bonds. The summed E-state index contributed by atoms with van der Waals surface area (Å²) in [5, 5.41) is 6.98. The SMILES string of the molecule is CCCc1nc2nc(NCCCN(CC)CC)nc(NCCCN(CC)CC)c2nc1CCC. The van der Waals surface area contributed by atoms with Gasteiger partial charge in [0.25, 0.3) is 0 Å². The highest BCUT2D eigenvalue weighted by Gasteiger charge is 2.15. The van der Waals surface area contributed by atoms with Crippen LogP contribution in [0.4, 0.5) is 11.8 Å². The molecular formula is C26H48N8. The Labute approximate surface area is 207 Å². The molecule has 2 aromatic rings. The van der Waals surface area contributed by atoms with Crippen molar-refractivity contribution in [2.75, 3.05) is 63.0 Å². The minimum absolute atomic E-state index is 0.637.